The summed E-state index contributed by atoms with van der Waals surface area (Å²) in [5.74, 6) is -0.331. The molecule has 5 nitrogen and oxygen atoms in total. The van der Waals surface area contributed by atoms with E-state index in [4.69, 9.17) is 14.6 Å². The Morgan fingerprint density at radius 3 is 2.21 bits per heavy atom. The van der Waals surface area contributed by atoms with Gasteiger partial charge in [0.15, 0.2) is 0 Å². The van der Waals surface area contributed by atoms with E-state index in [-0.39, 0.29) is 11.7 Å². The first-order valence-corrected chi connectivity index (χ1v) is 9.25. The van der Waals surface area contributed by atoms with Crippen molar-refractivity contribution in [3.05, 3.63) is 89.5 Å². The van der Waals surface area contributed by atoms with E-state index in [1.807, 2.05) is 25.1 Å². The highest BCUT2D eigenvalue weighted by Gasteiger charge is 2.18. The van der Waals surface area contributed by atoms with Crippen LogP contribution in [0.25, 0.3) is 11.1 Å². The van der Waals surface area contributed by atoms with Crippen molar-refractivity contribution in [3.63, 3.8) is 0 Å². The van der Waals surface area contributed by atoms with Crippen LogP contribution in [0.3, 0.4) is 0 Å². The molecule has 3 aromatic rings. The highest BCUT2D eigenvalue weighted by Crippen LogP contribution is 2.31. The molecule has 0 spiro atoms. The minimum atomic E-state index is -1.39. The zero-order valence-electron chi connectivity index (χ0n) is 16.3. The molecule has 5 heteroatoms. The predicted molar refractivity (Wildman–Crippen MR) is 110 cm³/mol. The van der Waals surface area contributed by atoms with Gasteiger partial charge in [0.2, 0.25) is 0 Å². The van der Waals surface area contributed by atoms with Crippen molar-refractivity contribution in [2.45, 2.75) is 19.3 Å². The van der Waals surface area contributed by atoms with Crippen molar-refractivity contribution in [2.75, 3.05) is 7.11 Å². The molecular weight excluding hydrogens is 368 g/mol. The number of rotatable bonds is 6. The maximum Gasteiger partial charge on any atom is 0.511 e. The first-order chi connectivity index (χ1) is 14.0. The summed E-state index contributed by atoms with van der Waals surface area (Å²) in [6.45, 7) is 1.97. The van der Waals surface area contributed by atoms with Gasteiger partial charge < -0.3 is 14.6 Å². The van der Waals surface area contributed by atoms with Gasteiger partial charge in [0, 0.05) is 0 Å². The standard InChI is InChI=1S/C24H22O5/c1-16(14-17-8-10-19(11-9-17)18-6-4-3-5-7-18)21-15-20(23(25)28-2)12-13-22(21)29-24(26)27/h3-13,15-16H,14H2,1-2H3,(H,26,27). The SMILES string of the molecule is COC(=O)c1ccc(OC(=O)O)c(C(C)Cc2ccc(-c3ccccc3)cc2)c1. The Hall–Kier alpha value is -3.60. The molecule has 0 heterocycles. The molecule has 0 bridgehead atoms. The summed E-state index contributed by atoms with van der Waals surface area (Å²) in [5, 5.41) is 9.01. The van der Waals surface area contributed by atoms with Gasteiger partial charge in [-0.2, -0.15) is 0 Å². The summed E-state index contributed by atoms with van der Waals surface area (Å²) < 4.78 is 9.68. The fourth-order valence-electron chi connectivity index (χ4n) is 3.29. The van der Waals surface area contributed by atoms with Crippen molar-refractivity contribution >= 4 is 12.1 Å². The van der Waals surface area contributed by atoms with Crippen molar-refractivity contribution in [2.24, 2.45) is 0 Å². The molecule has 0 aliphatic carbocycles. The molecule has 0 aliphatic rings. The van der Waals surface area contributed by atoms with Crippen LogP contribution in [0.5, 0.6) is 5.75 Å². The molecule has 1 unspecified atom stereocenters. The molecule has 0 saturated carbocycles. The lowest BCUT2D eigenvalue weighted by molar-refractivity contribution is 0.0600. The molecule has 1 N–H and O–H groups in total. The summed E-state index contributed by atoms with van der Waals surface area (Å²) in [4.78, 5) is 22.9. The third kappa shape index (κ3) is 5.02. The number of carbonyl (C=O) groups is 2. The second-order valence-electron chi connectivity index (χ2n) is 6.78. The topological polar surface area (TPSA) is 72.8 Å². The molecule has 3 aromatic carbocycles. The normalized spacial score (nSPS) is 11.5. The minimum absolute atomic E-state index is 0.0727. The number of hydrogen-bond donors (Lipinski definition) is 1. The number of methoxy groups -OCH3 is 1. The van der Waals surface area contributed by atoms with Crippen LogP contribution < -0.4 is 4.74 Å². The Balaban J connectivity index is 1.84. The van der Waals surface area contributed by atoms with Gasteiger partial charge in [-0.1, -0.05) is 61.5 Å². The number of benzene rings is 3. The molecule has 0 saturated heterocycles. The Morgan fingerprint density at radius 1 is 0.931 bits per heavy atom. The molecule has 0 radical (unpaired) electrons. The fraction of sp³-hybridized carbons (Fsp3) is 0.167. The quantitative estimate of drug-likeness (QED) is 0.442. The highest BCUT2D eigenvalue weighted by atomic mass is 16.7. The number of ether oxygens (including phenoxy) is 2. The highest BCUT2D eigenvalue weighted by molar-refractivity contribution is 5.90. The molecule has 29 heavy (non-hydrogen) atoms. The summed E-state index contributed by atoms with van der Waals surface area (Å²) in [7, 11) is 1.31. The molecule has 0 aliphatic heterocycles. The van der Waals surface area contributed by atoms with Crippen molar-refractivity contribution in [3.8, 4) is 16.9 Å². The van der Waals surface area contributed by atoms with Gasteiger partial charge in [0.1, 0.15) is 5.75 Å². The van der Waals surface area contributed by atoms with Crippen molar-refractivity contribution in [1.82, 2.24) is 0 Å². The summed E-state index contributed by atoms with van der Waals surface area (Å²) in [5.41, 5.74) is 4.37. The largest absolute Gasteiger partial charge is 0.511 e. The van der Waals surface area contributed by atoms with Crippen LogP contribution in [0.15, 0.2) is 72.8 Å². The number of carboxylic acid groups (broad SMARTS) is 1. The average molecular weight is 390 g/mol. The molecule has 3 rings (SSSR count). The van der Waals surface area contributed by atoms with Crippen LogP contribution in [-0.4, -0.2) is 24.3 Å². The number of esters is 1. The van der Waals surface area contributed by atoms with E-state index in [1.165, 1.54) is 19.2 Å². The molecule has 1 atom stereocenters. The zero-order valence-corrected chi connectivity index (χ0v) is 16.3. The van der Waals surface area contributed by atoms with Crippen molar-refractivity contribution < 1.29 is 24.2 Å². The smallest absolute Gasteiger partial charge is 0.465 e. The summed E-state index contributed by atoms with van der Waals surface area (Å²) in [6.07, 6.45) is -0.730. The molecule has 0 fully saturated rings. The van der Waals surface area contributed by atoms with E-state index in [2.05, 4.69) is 36.4 Å². The lowest BCUT2D eigenvalue weighted by Crippen LogP contribution is -2.10. The van der Waals surface area contributed by atoms with E-state index in [1.54, 1.807) is 6.07 Å². The lowest BCUT2D eigenvalue weighted by atomic mass is 9.91. The second kappa shape index (κ2) is 9.06. The fourth-order valence-corrected chi connectivity index (χ4v) is 3.29. The number of hydrogen-bond acceptors (Lipinski definition) is 4. The predicted octanol–water partition coefficient (Wildman–Crippen LogP) is 5.54. The van der Waals surface area contributed by atoms with E-state index >= 15 is 0 Å². The number of carbonyl (C=O) groups excluding carboxylic acids is 1. The zero-order chi connectivity index (χ0) is 20.8. The van der Waals surface area contributed by atoms with Gasteiger partial charge in [0.05, 0.1) is 12.7 Å². The van der Waals surface area contributed by atoms with Crippen LogP contribution in [0.2, 0.25) is 0 Å². The van der Waals surface area contributed by atoms with E-state index in [9.17, 15) is 9.59 Å². The lowest BCUT2D eigenvalue weighted by Gasteiger charge is -2.17. The van der Waals surface area contributed by atoms with Crippen LogP contribution in [-0.2, 0) is 11.2 Å². The molecule has 0 aromatic heterocycles. The Kier molecular flexibility index (Phi) is 6.29. The van der Waals surface area contributed by atoms with E-state index in [0.29, 0.717) is 17.5 Å². The maximum atomic E-state index is 11.9. The van der Waals surface area contributed by atoms with E-state index < -0.39 is 12.1 Å². The van der Waals surface area contributed by atoms with Gasteiger partial charge in [-0.05, 0) is 52.8 Å². The van der Waals surface area contributed by atoms with Crippen LogP contribution in [0.1, 0.15) is 34.3 Å². The Morgan fingerprint density at radius 2 is 1.59 bits per heavy atom. The van der Waals surface area contributed by atoms with E-state index in [0.717, 1.165) is 16.7 Å². The third-order valence-corrected chi connectivity index (χ3v) is 4.76. The Bertz CT molecular complexity index is 994. The third-order valence-electron chi connectivity index (χ3n) is 4.76. The van der Waals surface area contributed by atoms with Gasteiger partial charge >= 0.3 is 12.1 Å². The van der Waals surface area contributed by atoms with Crippen LogP contribution >= 0.6 is 0 Å². The average Bonchev–Trinajstić information content (AvgIpc) is 2.74. The first kappa shape index (κ1) is 20.1. The molecule has 148 valence electrons. The molecular formula is C24H22O5. The summed E-state index contributed by atoms with van der Waals surface area (Å²) in [6, 6.07) is 23.0. The van der Waals surface area contributed by atoms with Crippen LogP contribution in [0.4, 0.5) is 4.79 Å². The van der Waals surface area contributed by atoms with Gasteiger partial charge in [-0.3, -0.25) is 0 Å². The van der Waals surface area contributed by atoms with Crippen LogP contribution in [0, 0.1) is 0 Å². The van der Waals surface area contributed by atoms with Gasteiger partial charge in [0.25, 0.3) is 0 Å². The minimum Gasteiger partial charge on any atom is -0.465 e. The van der Waals surface area contributed by atoms with Crippen molar-refractivity contribution in [1.29, 1.82) is 0 Å². The van der Waals surface area contributed by atoms with Gasteiger partial charge in [-0.15, -0.1) is 0 Å². The Labute approximate surface area is 169 Å². The van der Waals surface area contributed by atoms with Gasteiger partial charge in [-0.25, -0.2) is 9.59 Å². The maximum absolute atomic E-state index is 11.9. The summed E-state index contributed by atoms with van der Waals surface area (Å²) >= 11 is 0. The second-order valence-corrected chi connectivity index (χ2v) is 6.78. The molecule has 0 amide bonds. The first-order valence-electron chi connectivity index (χ1n) is 9.25. The monoisotopic (exact) mass is 390 g/mol.